The van der Waals surface area contributed by atoms with Gasteiger partial charge in [0, 0.05) is 17.7 Å². The summed E-state index contributed by atoms with van der Waals surface area (Å²) >= 11 is 4.06. The number of nitrogens with one attached hydrogen (secondary N) is 1. The van der Waals surface area contributed by atoms with Crippen LogP contribution in [0.25, 0.3) is 0 Å². The molecular weight excluding hydrogens is 492 g/mol. The minimum atomic E-state index is -1.21. The van der Waals surface area contributed by atoms with Crippen molar-refractivity contribution in [2.24, 2.45) is 5.16 Å². The summed E-state index contributed by atoms with van der Waals surface area (Å²) in [5.74, 6) is -1.71. The Morgan fingerprint density at radius 2 is 2.30 bits per heavy atom. The van der Waals surface area contributed by atoms with E-state index in [9.17, 15) is 19.5 Å². The zero-order valence-electron chi connectivity index (χ0n) is 16.9. The summed E-state index contributed by atoms with van der Waals surface area (Å²) in [6.07, 6.45) is 1.36. The van der Waals surface area contributed by atoms with E-state index in [2.05, 4.69) is 30.6 Å². The zero-order valence-corrected chi connectivity index (χ0v) is 19.3. The average Bonchev–Trinajstić information content (AvgIpc) is 3.32. The lowest BCUT2D eigenvalue weighted by atomic mass is 10.0. The maximum Gasteiger partial charge on any atom is 0.352 e. The van der Waals surface area contributed by atoms with Crippen molar-refractivity contribution in [2.45, 2.75) is 15.8 Å². The Labute approximate surface area is 198 Å². The molecule has 4 N–H and O–H groups in total. The van der Waals surface area contributed by atoms with Gasteiger partial charge in [0.15, 0.2) is 10.2 Å². The first-order valence-electron chi connectivity index (χ1n) is 9.20. The molecule has 0 radical (unpaired) electrons. The maximum absolute atomic E-state index is 12.8. The molecule has 1 fully saturated rings. The van der Waals surface area contributed by atoms with E-state index in [-0.39, 0.29) is 23.1 Å². The van der Waals surface area contributed by atoms with Crippen LogP contribution in [0.2, 0.25) is 0 Å². The molecule has 0 bridgehead atoms. The van der Waals surface area contributed by atoms with Gasteiger partial charge in [0.05, 0.1) is 0 Å². The number of hydrogen-bond donors (Lipinski definition) is 3. The molecule has 2 atom stereocenters. The molecular formula is C17H16N8O5S3. The molecule has 0 aromatic carbocycles. The van der Waals surface area contributed by atoms with Gasteiger partial charge in [-0.3, -0.25) is 14.5 Å². The number of nitrogens with zero attached hydrogens (tertiary/aromatic N) is 6. The van der Waals surface area contributed by atoms with E-state index in [0.717, 1.165) is 0 Å². The predicted octanol–water partition coefficient (Wildman–Crippen LogP) is -0.208. The molecule has 0 aliphatic carbocycles. The number of fused-ring (bicyclic) bond motifs is 1. The van der Waals surface area contributed by atoms with Crippen molar-refractivity contribution in [1.29, 1.82) is 0 Å². The van der Waals surface area contributed by atoms with E-state index in [1.807, 2.05) is 0 Å². The molecule has 4 rings (SSSR count). The average molecular weight is 509 g/mol. The molecule has 1 saturated heterocycles. The summed E-state index contributed by atoms with van der Waals surface area (Å²) in [4.78, 5) is 51.4. The Hall–Kier alpha value is -3.24. The number of nitrogen functional groups attached to an aromatic ring is 1. The number of anilines is 1. The van der Waals surface area contributed by atoms with Gasteiger partial charge < -0.3 is 21.0 Å². The van der Waals surface area contributed by atoms with E-state index in [0.29, 0.717) is 21.4 Å². The molecule has 2 aromatic rings. The number of β-lactam (4-membered cyclic amide) rings is 1. The smallest absolute Gasteiger partial charge is 0.352 e. The number of carbonyl (C=O) groups is 3. The van der Waals surface area contributed by atoms with Gasteiger partial charge in [0.1, 0.15) is 35.6 Å². The summed E-state index contributed by atoms with van der Waals surface area (Å²) < 4.78 is 0.702. The SMILES string of the molecule is CO/N=C(/C(=O)NC1C(=O)N2C(C(=O)O)=C(CSc3nncs3)CSC12)c1nccc(N)n1. The first-order chi connectivity index (χ1) is 15.9. The highest BCUT2D eigenvalue weighted by molar-refractivity contribution is 8.01. The van der Waals surface area contributed by atoms with Crippen molar-refractivity contribution in [2.75, 3.05) is 24.3 Å². The maximum atomic E-state index is 12.8. The fourth-order valence-corrected chi connectivity index (χ4v) is 6.11. The first kappa shape index (κ1) is 22.9. The molecule has 2 aromatic heterocycles. The molecule has 2 aliphatic rings. The second kappa shape index (κ2) is 9.72. The Kier molecular flexibility index (Phi) is 6.75. The molecule has 4 heterocycles. The lowest BCUT2D eigenvalue weighted by Crippen LogP contribution is -2.71. The van der Waals surface area contributed by atoms with Gasteiger partial charge in [-0.15, -0.1) is 22.0 Å². The van der Waals surface area contributed by atoms with E-state index in [1.165, 1.54) is 59.1 Å². The van der Waals surface area contributed by atoms with Crippen LogP contribution >= 0.6 is 34.9 Å². The van der Waals surface area contributed by atoms with Crippen LogP contribution in [0.15, 0.2) is 38.5 Å². The highest BCUT2D eigenvalue weighted by Crippen LogP contribution is 2.41. The van der Waals surface area contributed by atoms with Crippen LogP contribution in [0.4, 0.5) is 5.82 Å². The summed E-state index contributed by atoms with van der Waals surface area (Å²) in [5, 5.41) is 23.1. The number of thioether (sulfide) groups is 2. The molecule has 16 heteroatoms. The van der Waals surface area contributed by atoms with Crippen LogP contribution in [0.3, 0.4) is 0 Å². The number of amides is 2. The third-order valence-corrected chi connectivity index (χ3v) is 7.82. The number of carboxylic acid groups (broad SMARTS) is 1. The second-order valence-electron chi connectivity index (χ2n) is 6.54. The van der Waals surface area contributed by atoms with Crippen molar-refractivity contribution in [3.8, 4) is 0 Å². The third-order valence-electron chi connectivity index (χ3n) is 4.53. The molecule has 0 spiro atoms. The highest BCUT2D eigenvalue weighted by atomic mass is 32.2. The topological polar surface area (TPSA) is 186 Å². The quantitative estimate of drug-likeness (QED) is 0.185. The largest absolute Gasteiger partial charge is 0.477 e. The highest BCUT2D eigenvalue weighted by Gasteiger charge is 2.54. The molecule has 13 nitrogen and oxygen atoms in total. The van der Waals surface area contributed by atoms with Gasteiger partial charge in [-0.1, -0.05) is 28.3 Å². The van der Waals surface area contributed by atoms with E-state index in [4.69, 9.17) is 10.6 Å². The number of aromatic nitrogens is 4. The van der Waals surface area contributed by atoms with Crippen LogP contribution in [0, 0.1) is 0 Å². The number of oxime groups is 1. The Morgan fingerprint density at radius 1 is 1.48 bits per heavy atom. The van der Waals surface area contributed by atoms with E-state index < -0.39 is 29.2 Å². The normalized spacial score (nSPS) is 20.2. The Morgan fingerprint density at radius 3 is 2.97 bits per heavy atom. The summed E-state index contributed by atoms with van der Waals surface area (Å²) in [6, 6.07) is 0.496. The second-order valence-corrected chi connectivity index (χ2v) is 9.70. The number of carbonyl (C=O) groups excluding carboxylic acids is 2. The van der Waals surface area contributed by atoms with E-state index >= 15 is 0 Å². The lowest BCUT2D eigenvalue weighted by molar-refractivity contribution is -0.150. The number of carboxylic acids is 1. The number of hydrogen-bond acceptors (Lipinski definition) is 13. The van der Waals surface area contributed by atoms with Crippen molar-refractivity contribution in [3.63, 3.8) is 0 Å². The summed E-state index contributed by atoms with van der Waals surface area (Å²) in [6.45, 7) is 0. The standard InChI is InChI=1S/C17H16N8O5S3/c1-30-24-9(12-19-3-2-8(18)21-12)13(26)22-10-14(27)25-11(16(28)29)7(4-31-15(10)25)5-32-17-23-20-6-33-17/h2-3,6,10,15H,4-5H2,1H3,(H,22,26)(H,28,29)(H2,18,19,21)/b24-9+. The van der Waals surface area contributed by atoms with Crippen molar-refractivity contribution >= 4 is 64.2 Å². The fourth-order valence-electron chi connectivity index (χ4n) is 3.14. The Bertz CT molecular complexity index is 1160. The number of aliphatic carboxylic acids is 1. The van der Waals surface area contributed by atoms with E-state index in [1.54, 1.807) is 5.51 Å². The van der Waals surface area contributed by atoms with Crippen LogP contribution in [-0.2, 0) is 19.2 Å². The van der Waals surface area contributed by atoms with Gasteiger partial charge in [0.2, 0.25) is 5.71 Å². The van der Waals surface area contributed by atoms with Crippen LogP contribution in [-0.4, -0.2) is 83.7 Å². The summed E-state index contributed by atoms with van der Waals surface area (Å²) in [5.41, 5.74) is 7.48. The molecule has 2 unspecified atom stereocenters. The van der Waals surface area contributed by atoms with Crippen molar-refractivity contribution < 1.29 is 24.3 Å². The monoisotopic (exact) mass is 508 g/mol. The van der Waals surface area contributed by atoms with Gasteiger partial charge in [-0.25, -0.2) is 14.8 Å². The molecule has 2 aliphatic heterocycles. The van der Waals surface area contributed by atoms with Gasteiger partial charge >= 0.3 is 5.97 Å². The molecule has 172 valence electrons. The minimum absolute atomic E-state index is 0.0728. The zero-order chi connectivity index (χ0) is 23.5. The lowest BCUT2D eigenvalue weighted by Gasteiger charge is -2.49. The van der Waals surface area contributed by atoms with Crippen LogP contribution < -0.4 is 11.1 Å². The fraction of sp³-hybridized carbons (Fsp3) is 0.294. The third kappa shape index (κ3) is 4.62. The minimum Gasteiger partial charge on any atom is -0.477 e. The van der Waals surface area contributed by atoms with Crippen LogP contribution in [0.5, 0.6) is 0 Å². The van der Waals surface area contributed by atoms with Gasteiger partial charge in [-0.2, -0.15) is 0 Å². The van der Waals surface area contributed by atoms with Crippen molar-refractivity contribution in [3.05, 3.63) is 34.9 Å². The Balaban J connectivity index is 1.50. The van der Waals surface area contributed by atoms with Crippen molar-refractivity contribution in [1.82, 2.24) is 30.4 Å². The molecule has 2 amide bonds. The van der Waals surface area contributed by atoms with Crippen LogP contribution in [0.1, 0.15) is 5.82 Å². The number of nitrogens with two attached hydrogens (primary N) is 1. The number of rotatable bonds is 8. The van der Waals surface area contributed by atoms with Gasteiger partial charge in [-0.05, 0) is 11.6 Å². The van der Waals surface area contributed by atoms with Gasteiger partial charge in [0.25, 0.3) is 11.8 Å². The molecule has 0 saturated carbocycles. The first-order valence-corrected chi connectivity index (χ1v) is 12.1. The molecule has 33 heavy (non-hydrogen) atoms. The predicted molar refractivity (Wildman–Crippen MR) is 120 cm³/mol. The summed E-state index contributed by atoms with van der Waals surface area (Å²) in [7, 11) is 1.25.